The number of unbranched alkanes of at least 4 members (excludes halogenated alkanes) is 14. The second kappa shape index (κ2) is 24.6. The third-order valence-electron chi connectivity index (χ3n) is 6.26. The highest BCUT2D eigenvalue weighted by atomic mass is 32.2. The van der Waals surface area contributed by atoms with Crippen molar-refractivity contribution in [1.82, 2.24) is 0 Å². The van der Waals surface area contributed by atoms with E-state index in [0.29, 0.717) is 30.3 Å². The lowest BCUT2D eigenvalue weighted by Gasteiger charge is -2.11. The molecule has 5 nitrogen and oxygen atoms in total. The quantitative estimate of drug-likeness (QED) is 0.0863. The summed E-state index contributed by atoms with van der Waals surface area (Å²) in [4.78, 5) is 33.1. The van der Waals surface area contributed by atoms with Gasteiger partial charge >= 0.3 is 0 Å². The van der Waals surface area contributed by atoms with Gasteiger partial charge in [-0.25, -0.2) is 0 Å². The Bertz CT molecular complexity index is 712. The van der Waals surface area contributed by atoms with E-state index in [1.165, 1.54) is 87.7 Å². The third kappa shape index (κ3) is 21.5. The molecule has 0 spiro atoms. The van der Waals surface area contributed by atoms with Gasteiger partial charge in [-0.1, -0.05) is 101 Å². The maximum atomic E-state index is 11.3. The molecule has 1 aromatic carbocycles. The second-order valence-electron chi connectivity index (χ2n) is 9.89. The minimum atomic E-state index is 0.219. The molecule has 1 rings (SSSR count). The van der Waals surface area contributed by atoms with E-state index in [9.17, 15) is 14.4 Å². The Morgan fingerprint density at radius 2 is 0.921 bits per heavy atom. The third-order valence-corrected chi connectivity index (χ3v) is 8.06. The number of carbonyl (C=O) groups is 3. The molecule has 0 N–H and O–H groups in total. The van der Waals surface area contributed by atoms with Crippen LogP contribution in [0.25, 0.3) is 0 Å². The van der Waals surface area contributed by atoms with Gasteiger partial charge in [0.05, 0.1) is 13.2 Å². The summed E-state index contributed by atoms with van der Waals surface area (Å²) in [5, 5.41) is 0.438. The van der Waals surface area contributed by atoms with Crippen molar-refractivity contribution in [1.29, 1.82) is 0 Å². The number of hydrogen-bond donors (Lipinski definition) is 0. The van der Waals surface area contributed by atoms with Gasteiger partial charge in [0, 0.05) is 37.0 Å². The van der Waals surface area contributed by atoms with E-state index in [0.717, 1.165) is 56.3 Å². The van der Waals surface area contributed by atoms with Gasteiger partial charge in [0.1, 0.15) is 17.8 Å². The molecule has 0 radical (unpaired) electrons. The van der Waals surface area contributed by atoms with Crippen LogP contribution in [-0.4, -0.2) is 41.2 Å². The molecule has 1 aromatic rings. The molecular weight excluding hydrogens is 516 g/mol. The van der Waals surface area contributed by atoms with E-state index in [1.54, 1.807) is 26.0 Å². The summed E-state index contributed by atoms with van der Waals surface area (Å²) < 4.78 is 11.8. The molecule has 216 valence electrons. The van der Waals surface area contributed by atoms with Gasteiger partial charge in [0.25, 0.3) is 0 Å². The van der Waals surface area contributed by atoms with Crippen molar-refractivity contribution in [3.8, 4) is 11.5 Å². The van der Waals surface area contributed by atoms with Crippen molar-refractivity contribution in [3.63, 3.8) is 0 Å². The molecule has 0 aliphatic carbocycles. The van der Waals surface area contributed by atoms with Gasteiger partial charge in [0.15, 0.2) is 10.2 Å². The van der Waals surface area contributed by atoms with E-state index in [2.05, 4.69) is 0 Å². The number of rotatable bonds is 25. The van der Waals surface area contributed by atoms with Crippen LogP contribution in [0.3, 0.4) is 0 Å². The zero-order valence-electron chi connectivity index (χ0n) is 23.8. The smallest absolute Gasteiger partial charge is 0.185 e. The van der Waals surface area contributed by atoms with Crippen molar-refractivity contribution < 1.29 is 23.9 Å². The number of carbonyl (C=O) groups excluding carboxylic acids is 3. The number of benzene rings is 1. The Morgan fingerprint density at radius 3 is 1.26 bits per heavy atom. The van der Waals surface area contributed by atoms with E-state index >= 15 is 0 Å². The maximum absolute atomic E-state index is 11.3. The molecule has 38 heavy (non-hydrogen) atoms. The summed E-state index contributed by atoms with van der Waals surface area (Å²) in [5.74, 6) is 3.32. The lowest BCUT2D eigenvalue weighted by molar-refractivity contribution is -0.109. The Hall–Kier alpha value is -1.47. The molecule has 0 aliphatic rings. The summed E-state index contributed by atoms with van der Waals surface area (Å²) >= 11 is 2.87. The highest BCUT2D eigenvalue weighted by Crippen LogP contribution is 2.23. The molecular formula is C31H50O5S2. The molecule has 0 bridgehead atoms. The minimum Gasteiger partial charge on any atom is -0.493 e. The van der Waals surface area contributed by atoms with Crippen molar-refractivity contribution >= 4 is 40.0 Å². The van der Waals surface area contributed by atoms with Crippen LogP contribution in [-0.2, 0) is 9.59 Å². The van der Waals surface area contributed by atoms with Crippen LogP contribution >= 0.6 is 23.5 Å². The van der Waals surface area contributed by atoms with Crippen LogP contribution in [0.2, 0.25) is 0 Å². The predicted octanol–water partition coefficient (Wildman–Crippen LogP) is 9.06. The van der Waals surface area contributed by atoms with E-state index in [4.69, 9.17) is 9.47 Å². The van der Waals surface area contributed by atoms with Gasteiger partial charge in [-0.3, -0.25) is 14.4 Å². The largest absolute Gasteiger partial charge is 0.493 e. The van der Waals surface area contributed by atoms with E-state index in [-0.39, 0.29) is 10.2 Å². The first-order valence-corrected chi connectivity index (χ1v) is 16.6. The summed E-state index contributed by atoms with van der Waals surface area (Å²) in [6.07, 6.45) is 19.8. The molecule has 0 aromatic heterocycles. The lowest BCUT2D eigenvalue weighted by atomic mass is 10.1. The first kappa shape index (κ1) is 34.6. The van der Waals surface area contributed by atoms with Gasteiger partial charge < -0.3 is 9.47 Å². The van der Waals surface area contributed by atoms with Crippen LogP contribution in [0.1, 0.15) is 127 Å². The molecule has 0 aliphatic heterocycles. The first-order valence-electron chi connectivity index (χ1n) is 14.6. The molecule has 0 amide bonds. The lowest BCUT2D eigenvalue weighted by Crippen LogP contribution is -2.01. The van der Waals surface area contributed by atoms with Gasteiger partial charge in [-0.05, 0) is 37.8 Å². The van der Waals surface area contributed by atoms with Gasteiger partial charge in [-0.2, -0.15) is 0 Å². The van der Waals surface area contributed by atoms with Crippen molar-refractivity contribution in [2.75, 3.05) is 24.7 Å². The van der Waals surface area contributed by atoms with Crippen molar-refractivity contribution in [3.05, 3.63) is 23.8 Å². The first-order chi connectivity index (χ1) is 18.5. The number of aldehydes is 1. The normalized spacial score (nSPS) is 10.9. The summed E-state index contributed by atoms with van der Waals surface area (Å²) in [7, 11) is 0. The maximum Gasteiger partial charge on any atom is 0.185 e. The summed E-state index contributed by atoms with van der Waals surface area (Å²) in [6, 6.07) is 5.45. The highest BCUT2D eigenvalue weighted by Gasteiger charge is 2.04. The fourth-order valence-electron chi connectivity index (χ4n) is 4.17. The molecule has 0 heterocycles. The molecule has 0 unspecified atom stereocenters. The number of hydrogen-bond acceptors (Lipinski definition) is 7. The zero-order valence-corrected chi connectivity index (χ0v) is 25.4. The van der Waals surface area contributed by atoms with Crippen LogP contribution in [0.4, 0.5) is 0 Å². The number of thioether (sulfide) groups is 2. The Balaban J connectivity index is 2.06. The average molecular weight is 567 g/mol. The van der Waals surface area contributed by atoms with Crippen molar-refractivity contribution in [2.24, 2.45) is 0 Å². The minimum absolute atomic E-state index is 0.219. The Labute approximate surface area is 240 Å². The predicted molar refractivity (Wildman–Crippen MR) is 163 cm³/mol. The standard InChI is InChI=1S/C31H50O5S2/c1-27(33)37-21-17-13-9-5-3-7-11-15-19-35-30-23-29(26-32)24-31(25-30)36-20-16-12-8-4-6-10-14-18-22-38-28(2)34/h23-26H,3-22H2,1-2H3. The second-order valence-corrected chi connectivity index (χ2v) is 12.4. The van der Waals surface area contributed by atoms with Crippen molar-refractivity contribution in [2.45, 2.75) is 117 Å². The van der Waals surface area contributed by atoms with Crippen LogP contribution in [0.15, 0.2) is 18.2 Å². The number of ether oxygens (including phenoxy) is 2. The molecule has 0 saturated carbocycles. The summed E-state index contributed by atoms with van der Waals surface area (Å²) in [6.45, 7) is 4.57. The van der Waals surface area contributed by atoms with E-state index < -0.39 is 0 Å². The molecule has 0 saturated heterocycles. The van der Waals surface area contributed by atoms with Gasteiger partial charge in [0.2, 0.25) is 0 Å². The van der Waals surface area contributed by atoms with Crippen LogP contribution < -0.4 is 9.47 Å². The molecule has 0 fully saturated rings. The highest BCUT2D eigenvalue weighted by molar-refractivity contribution is 8.13. The fourth-order valence-corrected chi connectivity index (χ4v) is 5.44. The average Bonchev–Trinajstić information content (AvgIpc) is 2.89. The van der Waals surface area contributed by atoms with Crippen LogP contribution in [0.5, 0.6) is 11.5 Å². The molecule has 7 heteroatoms. The van der Waals surface area contributed by atoms with Gasteiger partial charge in [-0.15, -0.1) is 0 Å². The van der Waals surface area contributed by atoms with E-state index in [1.807, 2.05) is 6.07 Å². The molecule has 0 atom stereocenters. The fraction of sp³-hybridized carbons (Fsp3) is 0.710. The zero-order chi connectivity index (χ0) is 27.7. The Morgan fingerprint density at radius 1 is 0.579 bits per heavy atom. The van der Waals surface area contributed by atoms with Crippen LogP contribution in [0, 0.1) is 0 Å². The SMILES string of the molecule is CC(=O)SCCCCCCCCCCOc1cc(C=O)cc(OCCCCCCCCCCSC(C)=O)c1. The monoisotopic (exact) mass is 566 g/mol. The summed E-state index contributed by atoms with van der Waals surface area (Å²) in [5.41, 5.74) is 0.584. The topological polar surface area (TPSA) is 69.7 Å². The Kier molecular flexibility index (Phi) is 22.3.